The Kier molecular flexibility index (Phi) is 6.09. The van der Waals surface area contributed by atoms with Crippen LogP contribution in [0, 0.1) is 0 Å². The summed E-state index contributed by atoms with van der Waals surface area (Å²) in [4.78, 5) is 13.8. The molecular weight excluding hydrogens is 228 g/mol. The molecule has 4 heteroatoms. The van der Waals surface area contributed by atoms with Gasteiger partial charge in [0.2, 0.25) is 5.91 Å². The van der Waals surface area contributed by atoms with E-state index in [0.29, 0.717) is 19.6 Å². The summed E-state index contributed by atoms with van der Waals surface area (Å²) in [6, 6.07) is 0.260. The van der Waals surface area contributed by atoms with E-state index in [-0.39, 0.29) is 11.9 Å². The zero-order valence-electron chi connectivity index (χ0n) is 12.0. The van der Waals surface area contributed by atoms with E-state index in [0.717, 1.165) is 12.8 Å². The van der Waals surface area contributed by atoms with E-state index in [1.165, 1.54) is 19.3 Å². The average molecular weight is 256 g/mol. The van der Waals surface area contributed by atoms with Crippen molar-refractivity contribution in [3.8, 4) is 0 Å². The third-order valence-corrected chi connectivity index (χ3v) is 3.71. The molecule has 0 aromatic carbocycles. The molecule has 0 saturated carbocycles. The van der Waals surface area contributed by atoms with Crippen LogP contribution in [0.1, 0.15) is 52.9 Å². The van der Waals surface area contributed by atoms with Crippen LogP contribution in [0.2, 0.25) is 0 Å². The molecule has 0 radical (unpaired) electrons. The van der Waals surface area contributed by atoms with Crippen LogP contribution in [0.5, 0.6) is 0 Å². The van der Waals surface area contributed by atoms with Crippen LogP contribution in [-0.2, 0) is 4.79 Å². The normalized spacial score (nSPS) is 20.2. The van der Waals surface area contributed by atoms with Gasteiger partial charge in [-0.05, 0) is 19.8 Å². The molecule has 18 heavy (non-hydrogen) atoms. The Balaban J connectivity index is 2.11. The predicted molar refractivity (Wildman–Crippen MR) is 73.4 cm³/mol. The van der Waals surface area contributed by atoms with Crippen LogP contribution < -0.4 is 5.32 Å². The lowest BCUT2D eigenvalue weighted by Crippen LogP contribution is -2.63. The summed E-state index contributed by atoms with van der Waals surface area (Å²) in [5.74, 6) is 0.0807. The highest BCUT2D eigenvalue weighted by atomic mass is 16.3. The predicted octanol–water partition coefficient (Wildman–Crippen LogP) is 1.53. The lowest BCUT2D eigenvalue weighted by Gasteiger charge is -2.45. The quantitative estimate of drug-likeness (QED) is 0.648. The van der Waals surface area contributed by atoms with Crippen LogP contribution in [0.15, 0.2) is 0 Å². The fourth-order valence-corrected chi connectivity index (χ4v) is 2.42. The van der Waals surface area contributed by atoms with E-state index in [2.05, 4.69) is 19.2 Å². The lowest BCUT2D eigenvalue weighted by atomic mass is 9.91. The summed E-state index contributed by atoms with van der Waals surface area (Å²) < 4.78 is 0. The topological polar surface area (TPSA) is 52.6 Å². The number of hydrogen-bond acceptors (Lipinski definition) is 3. The van der Waals surface area contributed by atoms with Crippen molar-refractivity contribution in [2.45, 2.75) is 64.5 Å². The number of carbonyl (C=O) groups excluding carboxylic acids is 1. The van der Waals surface area contributed by atoms with Crippen LogP contribution in [-0.4, -0.2) is 47.2 Å². The molecule has 0 aromatic heterocycles. The van der Waals surface area contributed by atoms with Gasteiger partial charge in [0.1, 0.15) is 0 Å². The minimum absolute atomic E-state index is 0.0807. The smallest absolute Gasteiger partial charge is 0.234 e. The molecule has 0 bridgehead atoms. The van der Waals surface area contributed by atoms with Gasteiger partial charge in [-0.3, -0.25) is 9.69 Å². The minimum Gasteiger partial charge on any atom is -0.387 e. The molecule has 1 amide bonds. The molecule has 1 rings (SSSR count). The number of amides is 1. The molecule has 1 atom stereocenters. The summed E-state index contributed by atoms with van der Waals surface area (Å²) >= 11 is 0. The van der Waals surface area contributed by atoms with E-state index >= 15 is 0 Å². The maximum atomic E-state index is 11.8. The number of nitrogens with one attached hydrogen (secondary N) is 1. The molecule has 0 aliphatic carbocycles. The first-order valence-electron chi connectivity index (χ1n) is 7.23. The van der Waals surface area contributed by atoms with Gasteiger partial charge in [0.25, 0.3) is 0 Å². The molecule has 1 saturated heterocycles. The van der Waals surface area contributed by atoms with Gasteiger partial charge in [-0.2, -0.15) is 0 Å². The standard InChI is InChI=1S/C14H28N2O2/c1-4-6-7-8-12(3)15-13(17)9-16-10-14(18,5-2)11-16/h12,18H,4-11H2,1-3H3,(H,15,17). The molecule has 1 heterocycles. The van der Waals surface area contributed by atoms with Gasteiger partial charge in [-0.25, -0.2) is 0 Å². The van der Waals surface area contributed by atoms with Crippen LogP contribution >= 0.6 is 0 Å². The van der Waals surface area contributed by atoms with Crippen LogP contribution in [0.25, 0.3) is 0 Å². The Morgan fingerprint density at radius 1 is 1.39 bits per heavy atom. The van der Waals surface area contributed by atoms with Crippen molar-refractivity contribution >= 4 is 5.91 Å². The molecule has 4 nitrogen and oxygen atoms in total. The number of unbranched alkanes of at least 4 members (excludes halogenated alkanes) is 2. The molecule has 1 unspecified atom stereocenters. The molecule has 106 valence electrons. The number of aliphatic hydroxyl groups is 1. The third-order valence-electron chi connectivity index (χ3n) is 3.71. The number of hydrogen-bond donors (Lipinski definition) is 2. The Bertz CT molecular complexity index is 263. The number of carbonyl (C=O) groups is 1. The molecular formula is C14H28N2O2. The molecule has 1 fully saturated rings. The van der Waals surface area contributed by atoms with Crippen molar-refractivity contribution in [3.63, 3.8) is 0 Å². The van der Waals surface area contributed by atoms with Gasteiger partial charge >= 0.3 is 0 Å². The summed E-state index contributed by atoms with van der Waals surface area (Å²) in [5.41, 5.74) is -0.549. The van der Waals surface area contributed by atoms with E-state index < -0.39 is 5.60 Å². The van der Waals surface area contributed by atoms with Gasteiger partial charge in [-0.15, -0.1) is 0 Å². The van der Waals surface area contributed by atoms with Crippen molar-refractivity contribution in [1.82, 2.24) is 10.2 Å². The zero-order valence-corrected chi connectivity index (χ0v) is 12.0. The zero-order chi connectivity index (χ0) is 13.6. The number of likely N-dealkylation sites (tertiary alicyclic amines) is 1. The van der Waals surface area contributed by atoms with E-state index in [1.807, 2.05) is 11.8 Å². The fourth-order valence-electron chi connectivity index (χ4n) is 2.42. The minimum atomic E-state index is -0.549. The van der Waals surface area contributed by atoms with Gasteiger partial charge in [-0.1, -0.05) is 33.1 Å². The number of β-amino-alcohol motifs (C(OH)–C–C–N with tert-alkyl or cyclic N) is 1. The van der Waals surface area contributed by atoms with E-state index in [4.69, 9.17) is 0 Å². The maximum absolute atomic E-state index is 11.8. The number of nitrogens with zero attached hydrogens (tertiary/aromatic N) is 1. The van der Waals surface area contributed by atoms with Gasteiger partial charge in [0, 0.05) is 19.1 Å². The Labute approximate surface area is 111 Å². The van der Waals surface area contributed by atoms with Gasteiger partial charge in [0.05, 0.1) is 12.1 Å². The summed E-state index contributed by atoms with van der Waals surface area (Å²) in [7, 11) is 0. The van der Waals surface area contributed by atoms with Crippen molar-refractivity contribution in [1.29, 1.82) is 0 Å². The van der Waals surface area contributed by atoms with Crippen molar-refractivity contribution in [2.75, 3.05) is 19.6 Å². The van der Waals surface area contributed by atoms with Crippen molar-refractivity contribution < 1.29 is 9.90 Å². The molecule has 2 N–H and O–H groups in total. The largest absolute Gasteiger partial charge is 0.387 e. The number of rotatable bonds is 8. The molecule has 1 aliphatic heterocycles. The Morgan fingerprint density at radius 3 is 2.61 bits per heavy atom. The van der Waals surface area contributed by atoms with E-state index in [1.54, 1.807) is 0 Å². The van der Waals surface area contributed by atoms with Gasteiger partial charge in [0.15, 0.2) is 0 Å². The average Bonchev–Trinajstić information content (AvgIpc) is 2.26. The van der Waals surface area contributed by atoms with Crippen molar-refractivity contribution in [3.05, 3.63) is 0 Å². The molecule has 1 aliphatic rings. The van der Waals surface area contributed by atoms with Crippen LogP contribution in [0.3, 0.4) is 0 Å². The highest BCUT2D eigenvalue weighted by molar-refractivity contribution is 5.78. The van der Waals surface area contributed by atoms with Gasteiger partial charge < -0.3 is 10.4 Å². The lowest BCUT2D eigenvalue weighted by molar-refractivity contribution is -0.133. The second-order valence-electron chi connectivity index (χ2n) is 5.69. The second kappa shape index (κ2) is 7.10. The van der Waals surface area contributed by atoms with Crippen molar-refractivity contribution in [2.24, 2.45) is 0 Å². The van der Waals surface area contributed by atoms with E-state index in [9.17, 15) is 9.90 Å². The fraction of sp³-hybridized carbons (Fsp3) is 0.929. The highest BCUT2D eigenvalue weighted by Gasteiger charge is 2.39. The SMILES string of the molecule is CCCCCC(C)NC(=O)CN1CC(O)(CC)C1. The Hall–Kier alpha value is -0.610. The third kappa shape index (κ3) is 4.94. The monoisotopic (exact) mass is 256 g/mol. The first-order valence-corrected chi connectivity index (χ1v) is 7.23. The molecule has 0 aromatic rings. The summed E-state index contributed by atoms with van der Waals surface area (Å²) in [6.07, 6.45) is 5.44. The summed E-state index contributed by atoms with van der Waals surface area (Å²) in [5, 5.41) is 12.9. The molecule has 0 spiro atoms. The van der Waals surface area contributed by atoms with Crippen LogP contribution in [0.4, 0.5) is 0 Å². The highest BCUT2D eigenvalue weighted by Crippen LogP contribution is 2.23. The Morgan fingerprint density at radius 2 is 2.06 bits per heavy atom. The maximum Gasteiger partial charge on any atom is 0.234 e. The second-order valence-corrected chi connectivity index (χ2v) is 5.69. The first-order chi connectivity index (χ1) is 8.49. The summed E-state index contributed by atoms with van der Waals surface area (Å²) in [6.45, 7) is 7.89. The first kappa shape index (κ1) is 15.4.